The first-order valence-corrected chi connectivity index (χ1v) is 12.1. The van der Waals surface area contributed by atoms with E-state index in [0.29, 0.717) is 23.5 Å². The molecule has 158 valence electrons. The fourth-order valence-electron chi connectivity index (χ4n) is 5.89. The molecule has 2 aliphatic carbocycles. The number of furan rings is 1. The lowest BCUT2D eigenvalue weighted by Crippen LogP contribution is -2.60. The number of hydrogen-bond acceptors (Lipinski definition) is 5. The van der Waals surface area contributed by atoms with E-state index in [1.54, 1.807) is 6.26 Å². The number of phenolic OH excluding ortho intramolecular Hbond substituents is 1. The minimum Gasteiger partial charge on any atom is -0.508 e. The summed E-state index contributed by atoms with van der Waals surface area (Å²) in [6.07, 6.45) is 12.1. The molecule has 7 heteroatoms. The molecule has 5 rings (SSSR count). The Bertz CT molecular complexity index is 948. The zero-order valence-electron chi connectivity index (χ0n) is 16.8. The zero-order chi connectivity index (χ0) is 20.6. The van der Waals surface area contributed by atoms with Crippen molar-refractivity contribution in [3.63, 3.8) is 0 Å². The fraction of sp³-hybridized carbons (Fsp3) is 0.545. The maximum atomic E-state index is 10.1. The molecule has 1 saturated heterocycles. The molecule has 6 nitrogen and oxygen atoms in total. The molecule has 0 spiro atoms. The van der Waals surface area contributed by atoms with Gasteiger partial charge in [-0.2, -0.15) is 8.42 Å². The summed E-state index contributed by atoms with van der Waals surface area (Å²) in [6.45, 7) is 2.16. The number of rotatable bonds is 2. The van der Waals surface area contributed by atoms with Crippen LogP contribution in [0.25, 0.3) is 0 Å². The Morgan fingerprint density at radius 3 is 2.76 bits per heavy atom. The maximum absolute atomic E-state index is 10.1. The van der Waals surface area contributed by atoms with Gasteiger partial charge in [-0.15, -0.1) is 0 Å². The van der Waals surface area contributed by atoms with Crippen LogP contribution < -0.4 is 0 Å². The van der Waals surface area contributed by atoms with Crippen molar-refractivity contribution in [2.24, 2.45) is 5.92 Å². The van der Waals surface area contributed by atoms with Crippen LogP contribution in [0.5, 0.6) is 5.75 Å². The highest BCUT2D eigenvalue weighted by Gasteiger charge is 2.53. The summed E-state index contributed by atoms with van der Waals surface area (Å²) in [5.74, 6) is 1.17. The minimum atomic E-state index is -3.67. The topological polar surface area (TPSA) is 91.0 Å². The summed E-state index contributed by atoms with van der Waals surface area (Å²) in [5, 5.41) is 10.1. The van der Waals surface area contributed by atoms with E-state index in [-0.39, 0.29) is 0 Å². The SMILES string of the molecule is CS(=O)(=O)O.Oc1ccc2c(c1)[C@@]13CCCC[C@H]1[C@H](C2)N(Cc1ccoc1)CC3. The largest absolute Gasteiger partial charge is 0.508 e. The van der Waals surface area contributed by atoms with Crippen LogP contribution in [0.3, 0.4) is 0 Å². The first-order valence-electron chi connectivity index (χ1n) is 10.3. The van der Waals surface area contributed by atoms with Crippen LogP contribution in [0, 0.1) is 5.92 Å². The van der Waals surface area contributed by atoms with Gasteiger partial charge in [-0.25, -0.2) is 0 Å². The van der Waals surface area contributed by atoms with Crippen LogP contribution in [-0.4, -0.2) is 41.8 Å². The van der Waals surface area contributed by atoms with Gasteiger partial charge in [0.2, 0.25) is 0 Å². The van der Waals surface area contributed by atoms with Gasteiger partial charge in [-0.1, -0.05) is 18.9 Å². The Hall–Kier alpha value is -1.83. The molecule has 2 aromatic rings. The monoisotopic (exact) mass is 419 g/mol. The predicted molar refractivity (Wildman–Crippen MR) is 110 cm³/mol. The van der Waals surface area contributed by atoms with Crippen LogP contribution in [0.4, 0.5) is 0 Å². The van der Waals surface area contributed by atoms with Gasteiger partial charge in [0.1, 0.15) is 5.75 Å². The van der Waals surface area contributed by atoms with E-state index in [4.69, 9.17) is 8.97 Å². The standard InChI is InChI=1S/C21H25NO2.CH4O3S/c23-17-5-4-16-11-20-18-3-1-2-7-21(18,19(16)12-17)8-9-22(20)13-15-6-10-24-14-15;1-5(2,3)4/h4-6,10,12,14,18,20,23H,1-3,7-9,11,13H2;1H3,(H,2,3,4)/t18-,20-,21+;/m0./s1. The number of aromatic hydroxyl groups is 1. The Kier molecular flexibility index (Phi) is 5.48. The average molecular weight is 420 g/mol. The van der Waals surface area contributed by atoms with Gasteiger partial charge in [-0.3, -0.25) is 9.45 Å². The maximum Gasteiger partial charge on any atom is 0.261 e. The van der Waals surface area contributed by atoms with Gasteiger partial charge in [0.25, 0.3) is 10.1 Å². The van der Waals surface area contributed by atoms with E-state index in [0.717, 1.165) is 25.4 Å². The molecular weight excluding hydrogens is 390 g/mol. The summed E-state index contributed by atoms with van der Waals surface area (Å²) >= 11 is 0. The molecule has 3 aliphatic rings. The summed E-state index contributed by atoms with van der Waals surface area (Å²) < 4.78 is 31.1. The summed E-state index contributed by atoms with van der Waals surface area (Å²) in [7, 11) is -3.67. The third kappa shape index (κ3) is 4.22. The molecule has 1 saturated carbocycles. The highest BCUT2D eigenvalue weighted by molar-refractivity contribution is 7.85. The normalized spacial score (nSPS) is 28.6. The summed E-state index contributed by atoms with van der Waals surface area (Å²) in [5.41, 5.74) is 4.52. The lowest BCUT2D eigenvalue weighted by atomic mass is 9.52. The van der Waals surface area contributed by atoms with Gasteiger partial charge in [0, 0.05) is 23.6 Å². The van der Waals surface area contributed by atoms with Crippen molar-refractivity contribution in [2.45, 2.75) is 56.5 Å². The van der Waals surface area contributed by atoms with Crippen molar-refractivity contribution >= 4 is 10.1 Å². The van der Waals surface area contributed by atoms with Gasteiger partial charge < -0.3 is 9.52 Å². The molecular formula is C22H29NO5S. The third-order valence-corrected chi connectivity index (χ3v) is 6.90. The second-order valence-electron chi connectivity index (χ2n) is 8.71. The highest BCUT2D eigenvalue weighted by atomic mass is 32.2. The van der Waals surface area contributed by atoms with Gasteiger partial charge in [0.15, 0.2) is 0 Å². The molecule has 29 heavy (non-hydrogen) atoms. The van der Waals surface area contributed by atoms with Gasteiger partial charge in [-0.05, 0) is 67.5 Å². The zero-order valence-corrected chi connectivity index (χ0v) is 17.6. The Morgan fingerprint density at radius 2 is 2.03 bits per heavy atom. The second-order valence-corrected chi connectivity index (χ2v) is 10.2. The molecule has 2 heterocycles. The number of piperidine rings is 1. The van der Waals surface area contributed by atoms with E-state index in [1.807, 2.05) is 12.3 Å². The molecule has 2 bridgehead atoms. The van der Waals surface area contributed by atoms with Crippen molar-refractivity contribution in [2.75, 3.05) is 12.8 Å². The highest BCUT2D eigenvalue weighted by Crippen LogP contribution is 2.56. The summed E-state index contributed by atoms with van der Waals surface area (Å²) in [4.78, 5) is 2.69. The fourth-order valence-corrected chi connectivity index (χ4v) is 5.89. The Morgan fingerprint density at radius 1 is 1.24 bits per heavy atom. The van der Waals surface area contributed by atoms with E-state index < -0.39 is 10.1 Å². The minimum absolute atomic E-state index is 0.308. The second kappa shape index (κ2) is 7.78. The van der Waals surface area contributed by atoms with Crippen molar-refractivity contribution in [1.29, 1.82) is 0 Å². The van der Waals surface area contributed by atoms with Crippen molar-refractivity contribution < 1.29 is 22.5 Å². The Balaban J connectivity index is 0.000000369. The van der Waals surface area contributed by atoms with Crippen molar-refractivity contribution in [1.82, 2.24) is 4.90 Å². The van der Waals surface area contributed by atoms with Crippen molar-refractivity contribution in [3.05, 3.63) is 53.5 Å². The lowest BCUT2D eigenvalue weighted by molar-refractivity contribution is -0.0158. The van der Waals surface area contributed by atoms with E-state index in [2.05, 4.69) is 23.1 Å². The van der Waals surface area contributed by atoms with Crippen LogP contribution in [0.1, 0.15) is 48.8 Å². The molecule has 0 amide bonds. The molecule has 1 aromatic carbocycles. The number of likely N-dealkylation sites (tertiary alicyclic amines) is 1. The van der Waals surface area contributed by atoms with E-state index in [9.17, 15) is 13.5 Å². The average Bonchev–Trinajstić information content (AvgIpc) is 3.16. The summed E-state index contributed by atoms with van der Waals surface area (Å²) in [6, 6.07) is 8.85. The smallest absolute Gasteiger partial charge is 0.261 e. The number of fused-ring (bicyclic) bond motifs is 1. The molecule has 2 N–H and O–H groups in total. The lowest BCUT2D eigenvalue weighted by Gasteiger charge is -2.59. The third-order valence-electron chi connectivity index (χ3n) is 6.90. The van der Waals surface area contributed by atoms with Crippen LogP contribution >= 0.6 is 0 Å². The van der Waals surface area contributed by atoms with Crippen LogP contribution in [0.15, 0.2) is 41.2 Å². The quantitative estimate of drug-likeness (QED) is 0.721. The molecule has 0 radical (unpaired) electrons. The molecule has 3 atom stereocenters. The first kappa shape index (κ1) is 20.4. The Labute approximate surface area is 172 Å². The van der Waals surface area contributed by atoms with Crippen LogP contribution in [0.2, 0.25) is 0 Å². The number of hydrogen-bond donors (Lipinski definition) is 2. The van der Waals surface area contributed by atoms with E-state index >= 15 is 0 Å². The van der Waals surface area contributed by atoms with E-state index in [1.165, 1.54) is 48.8 Å². The van der Waals surface area contributed by atoms with Crippen molar-refractivity contribution in [3.8, 4) is 5.75 Å². The van der Waals surface area contributed by atoms with Gasteiger partial charge in [0.05, 0.1) is 18.8 Å². The number of nitrogens with zero attached hydrogens (tertiary/aromatic N) is 1. The van der Waals surface area contributed by atoms with Gasteiger partial charge >= 0.3 is 0 Å². The number of benzene rings is 1. The predicted octanol–water partition coefficient (Wildman–Crippen LogP) is 3.75. The molecule has 2 fully saturated rings. The molecule has 1 aliphatic heterocycles. The molecule has 0 unspecified atom stereocenters. The number of phenols is 1. The molecule has 1 aromatic heterocycles. The van der Waals surface area contributed by atoms with Crippen LogP contribution in [-0.2, 0) is 28.5 Å². The first-order chi connectivity index (χ1) is 13.8.